The summed E-state index contributed by atoms with van der Waals surface area (Å²) < 4.78 is 72.4. The third kappa shape index (κ3) is 4.30. The maximum atomic E-state index is 12.7. The van der Waals surface area contributed by atoms with E-state index in [0.29, 0.717) is 10.2 Å². The molecule has 0 atom stereocenters. The Morgan fingerprint density at radius 2 is 1.79 bits per heavy atom. The maximum absolute atomic E-state index is 12.7. The second-order valence-electron chi connectivity index (χ2n) is 5.59. The van der Waals surface area contributed by atoms with Crippen molar-refractivity contribution in [3.63, 3.8) is 0 Å². The van der Waals surface area contributed by atoms with Crippen molar-refractivity contribution in [2.24, 2.45) is 0 Å². The molecule has 0 fully saturated rings. The van der Waals surface area contributed by atoms with Crippen LogP contribution in [0, 0.1) is 0 Å². The second kappa shape index (κ2) is 7.47. The van der Waals surface area contributed by atoms with Gasteiger partial charge in [-0.15, -0.1) is 0 Å². The summed E-state index contributed by atoms with van der Waals surface area (Å²) in [4.78, 5) is -0.0599. The Hall–Kier alpha value is -2.53. The number of nitrogens with one attached hydrogen (secondary N) is 1. The summed E-state index contributed by atoms with van der Waals surface area (Å²) in [7, 11) is -2.59. The van der Waals surface area contributed by atoms with Crippen molar-refractivity contribution in [2.45, 2.75) is 11.1 Å². The highest BCUT2D eigenvalue weighted by molar-refractivity contribution is 9.10. The SMILES string of the molecule is COc1ccc(Br)cc1S(=O)(=O)Nc1ccc(-n2ccc(C(F)(F)F)n2)cc1. The number of benzene rings is 2. The fourth-order valence-corrected chi connectivity index (χ4v) is 4.14. The molecule has 0 spiro atoms. The molecule has 1 heterocycles. The van der Waals surface area contributed by atoms with Crippen LogP contribution in [0.3, 0.4) is 0 Å². The quantitative estimate of drug-likeness (QED) is 0.590. The van der Waals surface area contributed by atoms with Crippen LogP contribution in [0.25, 0.3) is 5.69 Å². The molecule has 0 bridgehead atoms. The van der Waals surface area contributed by atoms with Crippen molar-refractivity contribution in [1.29, 1.82) is 0 Å². The number of rotatable bonds is 5. The van der Waals surface area contributed by atoms with Crippen LogP contribution in [0.2, 0.25) is 0 Å². The van der Waals surface area contributed by atoms with Gasteiger partial charge in [0.25, 0.3) is 10.0 Å². The lowest BCUT2D eigenvalue weighted by Gasteiger charge is -2.12. The van der Waals surface area contributed by atoms with E-state index in [-0.39, 0.29) is 16.3 Å². The molecule has 6 nitrogen and oxygen atoms in total. The number of anilines is 1. The highest BCUT2D eigenvalue weighted by Crippen LogP contribution is 2.30. The van der Waals surface area contributed by atoms with Crippen molar-refractivity contribution < 1.29 is 26.3 Å². The molecule has 0 aliphatic carbocycles. The van der Waals surface area contributed by atoms with Gasteiger partial charge in [-0.3, -0.25) is 4.72 Å². The summed E-state index contributed by atoms with van der Waals surface area (Å²) >= 11 is 3.22. The van der Waals surface area contributed by atoms with Crippen molar-refractivity contribution in [3.05, 3.63) is 64.9 Å². The Morgan fingerprint density at radius 3 is 2.36 bits per heavy atom. The molecule has 0 aliphatic rings. The number of nitrogens with zero attached hydrogens (tertiary/aromatic N) is 2. The van der Waals surface area contributed by atoms with Gasteiger partial charge in [-0.25, -0.2) is 13.1 Å². The Labute approximate surface area is 167 Å². The van der Waals surface area contributed by atoms with Gasteiger partial charge in [0.1, 0.15) is 10.6 Å². The van der Waals surface area contributed by atoms with E-state index >= 15 is 0 Å². The largest absolute Gasteiger partial charge is 0.495 e. The van der Waals surface area contributed by atoms with Crippen LogP contribution in [0.1, 0.15) is 5.69 Å². The fourth-order valence-electron chi connectivity index (χ4n) is 2.37. The van der Waals surface area contributed by atoms with E-state index in [2.05, 4.69) is 25.8 Å². The van der Waals surface area contributed by atoms with Crippen LogP contribution in [0.5, 0.6) is 5.75 Å². The number of ether oxygens (including phenoxy) is 1. The topological polar surface area (TPSA) is 73.2 Å². The molecule has 1 N–H and O–H groups in total. The molecule has 0 amide bonds. The number of halogens is 4. The van der Waals surface area contributed by atoms with Crippen LogP contribution in [0.4, 0.5) is 18.9 Å². The van der Waals surface area contributed by atoms with Gasteiger partial charge < -0.3 is 4.74 Å². The first-order valence-corrected chi connectivity index (χ1v) is 9.97. The predicted octanol–water partition coefficient (Wildman–Crippen LogP) is 4.46. The summed E-state index contributed by atoms with van der Waals surface area (Å²) in [5.74, 6) is 0.170. The lowest BCUT2D eigenvalue weighted by Crippen LogP contribution is -2.14. The van der Waals surface area contributed by atoms with E-state index in [1.807, 2.05) is 0 Å². The smallest absolute Gasteiger partial charge is 0.435 e. The van der Waals surface area contributed by atoms with Gasteiger partial charge in [0, 0.05) is 16.4 Å². The van der Waals surface area contributed by atoms with Crippen LogP contribution in [0.15, 0.2) is 64.1 Å². The first-order valence-electron chi connectivity index (χ1n) is 7.70. The van der Waals surface area contributed by atoms with E-state index in [1.54, 1.807) is 6.07 Å². The van der Waals surface area contributed by atoms with Crippen molar-refractivity contribution in [2.75, 3.05) is 11.8 Å². The molecule has 0 saturated heterocycles. The lowest BCUT2D eigenvalue weighted by molar-refractivity contribution is -0.141. The van der Waals surface area contributed by atoms with E-state index in [4.69, 9.17) is 4.74 Å². The van der Waals surface area contributed by atoms with Gasteiger partial charge in [0.2, 0.25) is 0 Å². The zero-order valence-electron chi connectivity index (χ0n) is 14.2. The molecule has 1 aromatic heterocycles. The molecule has 0 radical (unpaired) electrons. The van der Waals surface area contributed by atoms with E-state index < -0.39 is 21.9 Å². The van der Waals surface area contributed by atoms with Crippen LogP contribution in [-0.2, 0) is 16.2 Å². The zero-order chi connectivity index (χ0) is 20.5. The minimum absolute atomic E-state index is 0.0599. The van der Waals surface area contributed by atoms with Crippen LogP contribution < -0.4 is 9.46 Å². The van der Waals surface area contributed by atoms with Crippen molar-refractivity contribution >= 4 is 31.6 Å². The van der Waals surface area contributed by atoms with Gasteiger partial charge in [0.15, 0.2) is 5.69 Å². The second-order valence-corrected chi connectivity index (χ2v) is 8.16. The fraction of sp³-hybridized carbons (Fsp3) is 0.118. The first kappa shape index (κ1) is 20.2. The maximum Gasteiger partial charge on any atom is 0.435 e. The summed E-state index contributed by atoms with van der Waals surface area (Å²) in [6.45, 7) is 0. The number of hydrogen-bond acceptors (Lipinski definition) is 4. The van der Waals surface area contributed by atoms with Crippen LogP contribution in [-0.4, -0.2) is 25.3 Å². The van der Waals surface area contributed by atoms with E-state index in [1.165, 1.54) is 49.7 Å². The first-order chi connectivity index (χ1) is 13.1. The standard InChI is InChI=1S/C17H13BrF3N3O3S/c1-27-14-7-2-11(18)10-15(14)28(25,26)23-12-3-5-13(6-4-12)24-9-8-16(22-24)17(19,20)21/h2-10,23H,1H3. The van der Waals surface area contributed by atoms with Gasteiger partial charge in [0.05, 0.1) is 12.8 Å². The molecule has 28 heavy (non-hydrogen) atoms. The average Bonchev–Trinajstić information content (AvgIpc) is 3.12. The third-order valence-electron chi connectivity index (χ3n) is 3.68. The molecule has 0 aliphatic heterocycles. The zero-order valence-corrected chi connectivity index (χ0v) is 16.6. The van der Waals surface area contributed by atoms with E-state index in [0.717, 1.165) is 10.7 Å². The van der Waals surface area contributed by atoms with Crippen molar-refractivity contribution in [3.8, 4) is 11.4 Å². The summed E-state index contributed by atoms with van der Waals surface area (Å²) in [6.07, 6.45) is -3.36. The Bertz CT molecular complexity index is 1100. The monoisotopic (exact) mass is 475 g/mol. The number of aromatic nitrogens is 2. The average molecular weight is 476 g/mol. The minimum atomic E-state index is -4.54. The van der Waals surface area contributed by atoms with Gasteiger partial charge in [-0.2, -0.15) is 18.3 Å². The van der Waals surface area contributed by atoms with Crippen molar-refractivity contribution in [1.82, 2.24) is 9.78 Å². The normalized spacial score (nSPS) is 12.0. The number of sulfonamides is 1. The van der Waals surface area contributed by atoms with Gasteiger partial charge in [-0.1, -0.05) is 15.9 Å². The molecule has 148 valence electrons. The highest BCUT2D eigenvalue weighted by atomic mass is 79.9. The molecule has 0 saturated carbocycles. The van der Waals surface area contributed by atoms with Crippen LogP contribution >= 0.6 is 15.9 Å². The molecule has 3 rings (SSSR count). The Balaban J connectivity index is 1.84. The molecule has 0 unspecified atom stereocenters. The number of hydrogen-bond donors (Lipinski definition) is 1. The number of alkyl halides is 3. The van der Waals surface area contributed by atoms with Gasteiger partial charge in [-0.05, 0) is 48.5 Å². The summed E-state index contributed by atoms with van der Waals surface area (Å²) in [5, 5.41) is 3.47. The molecule has 2 aromatic carbocycles. The predicted molar refractivity (Wildman–Crippen MR) is 100 cm³/mol. The third-order valence-corrected chi connectivity index (χ3v) is 5.57. The van der Waals surface area contributed by atoms with Gasteiger partial charge >= 0.3 is 6.18 Å². The molecule has 3 aromatic rings. The molecular formula is C17H13BrF3N3O3S. The Kier molecular flexibility index (Phi) is 5.39. The highest BCUT2D eigenvalue weighted by Gasteiger charge is 2.33. The lowest BCUT2D eigenvalue weighted by atomic mass is 10.3. The molecule has 11 heteroatoms. The number of methoxy groups -OCH3 is 1. The summed E-state index contributed by atoms with van der Waals surface area (Å²) in [5.41, 5.74) is -0.438. The molecular weight excluding hydrogens is 463 g/mol. The minimum Gasteiger partial charge on any atom is -0.495 e. The Morgan fingerprint density at radius 1 is 1.11 bits per heavy atom. The van der Waals surface area contributed by atoms with E-state index in [9.17, 15) is 21.6 Å². The summed E-state index contributed by atoms with van der Waals surface area (Å²) in [6, 6.07) is 11.2.